The monoisotopic (exact) mass is 281 g/mol. The highest BCUT2D eigenvalue weighted by molar-refractivity contribution is 5.79. The van der Waals surface area contributed by atoms with Crippen molar-refractivity contribution in [2.24, 2.45) is 17.8 Å². The maximum absolute atomic E-state index is 12.2. The number of amides is 1. The minimum absolute atomic E-state index is 0.220. The van der Waals surface area contributed by atoms with Crippen molar-refractivity contribution in [2.75, 3.05) is 0 Å². The molecule has 0 radical (unpaired) electrons. The van der Waals surface area contributed by atoms with Crippen LogP contribution >= 0.6 is 0 Å². The lowest BCUT2D eigenvalue weighted by Gasteiger charge is -2.14. The maximum atomic E-state index is 12.2. The summed E-state index contributed by atoms with van der Waals surface area (Å²) in [5.74, 6) is 2.15. The van der Waals surface area contributed by atoms with Crippen molar-refractivity contribution in [2.45, 2.75) is 25.8 Å². The highest BCUT2D eigenvalue weighted by Gasteiger charge is 2.47. The van der Waals surface area contributed by atoms with Gasteiger partial charge in [0.2, 0.25) is 5.91 Å². The van der Waals surface area contributed by atoms with E-state index in [1.54, 1.807) is 6.20 Å². The van der Waals surface area contributed by atoms with Crippen LogP contribution in [0.4, 0.5) is 0 Å². The smallest absolute Gasteiger partial charge is 0.223 e. The molecule has 2 unspecified atom stereocenters. The molecule has 0 bridgehead atoms. The van der Waals surface area contributed by atoms with E-state index in [1.165, 1.54) is 6.42 Å². The van der Waals surface area contributed by atoms with Crippen LogP contribution in [0.2, 0.25) is 0 Å². The fourth-order valence-corrected chi connectivity index (χ4v) is 3.55. The molecule has 4 nitrogen and oxygen atoms in total. The van der Waals surface area contributed by atoms with E-state index in [2.05, 4.69) is 10.4 Å². The third kappa shape index (κ3) is 2.46. The highest BCUT2D eigenvalue weighted by atomic mass is 16.1. The van der Waals surface area contributed by atoms with Gasteiger partial charge in [0.05, 0.1) is 5.69 Å². The topological polar surface area (TPSA) is 46.9 Å². The average Bonchev–Trinajstić information content (AvgIpc) is 2.96. The maximum Gasteiger partial charge on any atom is 0.223 e. The summed E-state index contributed by atoms with van der Waals surface area (Å²) < 4.78 is 1.84. The Morgan fingerprint density at radius 2 is 2.00 bits per heavy atom. The Labute approximate surface area is 124 Å². The average molecular weight is 281 g/mol. The number of hydrogen-bond donors (Lipinski definition) is 1. The summed E-state index contributed by atoms with van der Waals surface area (Å²) in [5.41, 5.74) is 2.12. The lowest BCUT2D eigenvalue weighted by atomic mass is 10.0. The Morgan fingerprint density at radius 3 is 2.76 bits per heavy atom. The standard InChI is InChI=1S/C17H19N3O/c21-17(15-9-13-8-14(13)10-15)18-11-12-4-1-2-5-16(12)20-7-3-6-19-20/h1-7,13-15H,8-11H2,(H,18,21). The Morgan fingerprint density at radius 1 is 1.19 bits per heavy atom. The zero-order valence-corrected chi connectivity index (χ0v) is 11.9. The van der Waals surface area contributed by atoms with Crippen molar-refractivity contribution < 1.29 is 4.79 Å². The van der Waals surface area contributed by atoms with Crippen LogP contribution in [0.25, 0.3) is 5.69 Å². The molecule has 1 aromatic carbocycles. The molecule has 1 heterocycles. The molecule has 4 rings (SSSR count). The summed E-state index contributed by atoms with van der Waals surface area (Å²) in [6, 6.07) is 9.97. The molecule has 4 heteroatoms. The molecule has 2 aromatic rings. The molecule has 0 aliphatic heterocycles. The van der Waals surface area contributed by atoms with Gasteiger partial charge in [0, 0.05) is 24.9 Å². The quantitative estimate of drug-likeness (QED) is 0.936. The number of aromatic nitrogens is 2. The van der Waals surface area contributed by atoms with Crippen LogP contribution in [0.3, 0.4) is 0 Å². The molecule has 21 heavy (non-hydrogen) atoms. The van der Waals surface area contributed by atoms with Gasteiger partial charge in [-0.3, -0.25) is 4.79 Å². The largest absolute Gasteiger partial charge is 0.352 e. The first-order chi connectivity index (χ1) is 10.3. The number of para-hydroxylation sites is 1. The molecule has 2 saturated carbocycles. The molecular formula is C17H19N3O. The zero-order valence-electron chi connectivity index (χ0n) is 11.9. The van der Waals surface area contributed by atoms with Crippen LogP contribution in [0.15, 0.2) is 42.7 Å². The number of nitrogens with zero attached hydrogens (tertiary/aromatic N) is 2. The zero-order chi connectivity index (χ0) is 14.2. The molecule has 108 valence electrons. The van der Waals surface area contributed by atoms with E-state index in [9.17, 15) is 4.79 Å². The van der Waals surface area contributed by atoms with Gasteiger partial charge >= 0.3 is 0 Å². The molecule has 2 atom stereocenters. The summed E-state index contributed by atoms with van der Waals surface area (Å²) in [4.78, 5) is 12.2. The van der Waals surface area contributed by atoms with Crippen molar-refractivity contribution in [3.63, 3.8) is 0 Å². The fourth-order valence-electron chi connectivity index (χ4n) is 3.55. The predicted molar refractivity (Wildman–Crippen MR) is 79.7 cm³/mol. The Kier molecular flexibility index (Phi) is 3.02. The van der Waals surface area contributed by atoms with Crippen LogP contribution in [-0.2, 0) is 11.3 Å². The van der Waals surface area contributed by atoms with Gasteiger partial charge < -0.3 is 5.32 Å². The van der Waals surface area contributed by atoms with Gasteiger partial charge in [-0.1, -0.05) is 18.2 Å². The first-order valence-corrected chi connectivity index (χ1v) is 7.67. The van der Waals surface area contributed by atoms with E-state index in [-0.39, 0.29) is 11.8 Å². The molecule has 2 fully saturated rings. The Bertz CT molecular complexity index is 640. The third-order valence-corrected chi connectivity index (χ3v) is 4.81. The minimum atomic E-state index is 0.220. The third-order valence-electron chi connectivity index (χ3n) is 4.81. The summed E-state index contributed by atoms with van der Waals surface area (Å²) >= 11 is 0. The van der Waals surface area contributed by atoms with E-state index < -0.39 is 0 Å². The predicted octanol–water partition coefficient (Wildman–Crippen LogP) is 2.53. The number of rotatable bonds is 4. The summed E-state index contributed by atoms with van der Waals surface area (Å²) in [6.07, 6.45) is 7.23. The van der Waals surface area contributed by atoms with Gasteiger partial charge in [-0.2, -0.15) is 5.10 Å². The van der Waals surface area contributed by atoms with E-state index in [1.807, 2.05) is 41.2 Å². The van der Waals surface area contributed by atoms with Crippen molar-refractivity contribution in [3.8, 4) is 5.69 Å². The second-order valence-electron chi connectivity index (χ2n) is 6.22. The van der Waals surface area contributed by atoms with E-state index in [4.69, 9.17) is 0 Å². The second kappa shape index (κ2) is 5.02. The van der Waals surface area contributed by atoms with Crippen LogP contribution in [-0.4, -0.2) is 15.7 Å². The lowest BCUT2D eigenvalue weighted by Crippen LogP contribution is -2.30. The molecule has 1 N–H and O–H groups in total. The van der Waals surface area contributed by atoms with Crippen molar-refractivity contribution in [1.29, 1.82) is 0 Å². The summed E-state index contributed by atoms with van der Waals surface area (Å²) in [5, 5.41) is 7.38. The van der Waals surface area contributed by atoms with Gasteiger partial charge in [0.1, 0.15) is 0 Å². The number of carbonyl (C=O) groups is 1. The number of nitrogens with one attached hydrogen (secondary N) is 1. The van der Waals surface area contributed by atoms with Crippen LogP contribution in [0.5, 0.6) is 0 Å². The van der Waals surface area contributed by atoms with Gasteiger partial charge in [-0.25, -0.2) is 4.68 Å². The van der Waals surface area contributed by atoms with Crippen molar-refractivity contribution >= 4 is 5.91 Å². The second-order valence-corrected chi connectivity index (χ2v) is 6.22. The number of fused-ring (bicyclic) bond motifs is 1. The Hall–Kier alpha value is -2.10. The number of carbonyl (C=O) groups excluding carboxylic acids is 1. The number of hydrogen-bond acceptors (Lipinski definition) is 2. The molecule has 2 aliphatic carbocycles. The lowest BCUT2D eigenvalue weighted by molar-refractivity contribution is -0.125. The first kappa shape index (κ1) is 12.6. The van der Waals surface area contributed by atoms with Gasteiger partial charge in [0.25, 0.3) is 0 Å². The Balaban J connectivity index is 1.44. The van der Waals surface area contributed by atoms with E-state index in [0.29, 0.717) is 6.54 Å². The minimum Gasteiger partial charge on any atom is -0.352 e. The molecule has 0 spiro atoms. The van der Waals surface area contributed by atoms with E-state index >= 15 is 0 Å². The summed E-state index contributed by atoms with van der Waals surface area (Å²) in [6.45, 7) is 0.570. The van der Waals surface area contributed by atoms with Crippen LogP contribution < -0.4 is 5.32 Å². The van der Waals surface area contributed by atoms with E-state index in [0.717, 1.165) is 35.9 Å². The first-order valence-electron chi connectivity index (χ1n) is 7.67. The molecular weight excluding hydrogens is 262 g/mol. The fraction of sp³-hybridized carbons (Fsp3) is 0.412. The normalized spacial score (nSPS) is 26.4. The van der Waals surface area contributed by atoms with Gasteiger partial charge in [0.15, 0.2) is 0 Å². The molecule has 2 aliphatic rings. The van der Waals surface area contributed by atoms with Gasteiger partial charge in [-0.15, -0.1) is 0 Å². The highest BCUT2D eigenvalue weighted by Crippen LogP contribution is 2.54. The van der Waals surface area contributed by atoms with Gasteiger partial charge in [-0.05, 0) is 48.8 Å². The van der Waals surface area contributed by atoms with Crippen molar-refractivity contribution in [1.82, 2.24) is 15.1 Å². The number of benzene rings is 1. The van der Waals surface area contributed by atoms with Crippen LogP contribution in [0, 0.1) is 17.8 Å². The molecule has 1 aromatic heterocycles. The van der Waals surface area contributed by atoms with Crippen molar-refractivity contribution in [3.05, 3.63) is 48.3 Å². The molecule has 0 saturated heterocycles. The molecule has 1 amide bonds. The SMILES string of the molecule is O=C(NCc1ccccc1-n1cccn1)C1CC2CC2C1. The van der Waals surface area contributed by atoms with Crippen LogP contribution in [0.1, 0.15) is 24.8 Å². The summed E-state index contributed by atoms with van der Waals surface area (Å²) in [7, 11) is 0.